The molecular weight excluding hydrogens is 330 g/mol. The predicted octanol–water partition coefficient (Wildman–Crippen LogP) is 2.64. The molecule has 0 saturated heterocycles. The Bertz CT molecular complexity index is 573. The summed E-state index contributed by atoms with van der Waals surface area (Å²) in [6.07, 6.45) is 1.56. The summed E-state index contributed by atoms with van der Waals surface area (Å²) in [5.41, 5.74) is 0.986. The monoisotopic (exact) mass is 353 g/mol. The van der Waals surface area contributed by atoms with E-state index in [2.05, 4.69) is 10.6 Å². The number of urea groups is 1. The average Bonchev–Trinajstić information content (AvgIpc) is 2.48. The number of carboxylic acid groups (broad SMARTS) is 1. The number of halogens is 1. The van der Waals surface area contributed by atoms with Crippen LogP contribution in [0.1, 0.15) is 38.3 Å². The number of aliphatic carboxylic acids is 1. The first-order valence-corrected chi connectivity index (χ1v) is 8.55. The van der Waals surface area contributed by atoms with Crippen LogP contribution in [-0.2, 0) is 4.79 Å². The van der Waals surface area contributed by atoms with Crippen molar-refractivity contribution in [2.24, 2.45) is 0 Å². The fourth-order valence-corrected chi connectivity index (χ4v) is 3.06. The minimum absolute atomic E-state index is 0.0493. The summed E-state index contributed by atoms with van der Waals surface area (Å²) in [5, 5.41) is 15.4. The molecule has 1 aromatic carbocycles. The van der Waals surface area contributed by atoms with E-state index < -0.39 is 5.97 Å². The van der Waals surface area contributed by atoms with E-state index in [1.807, 2.05) is 30.9 Å². The molecule has 0 aliphatic heterocycles. The van der Waals surface area contributed by atoms with Gasteiger partial charge in [-0.25, -0.2) is 4.79 Å². The van der Waals surface area contributed by atoms with E-state index >= 15 is 0 Å². The number of amides is 2. The SMILES string of the molecule is CCN(CC(=O)O)C1CC(NC(=O)N[C@H](C)c2ccc(Cl)cc2)C1. The summed E-state index contributed by atoms with van der Waals surface area (Å²) >= 11 is 5.86. The smallest absolute Gasteiger partial charge is 0.317 e. The molecule has 2 amide bonds. The van der Waals surface area contributed by atoms with Crippen LogP contribution in [0.25, 0.3) is 0 Å². The number of nitrogens with zero attached hydrogens (tertiary/aromatic N) is 1. The number of carbonyl (C=O) groups excluding carboxylic acids is 1. The van der Waals surface area contributed by atoms with Crippen molar-refractivity contribution in [2.45, 2.75) is 44.8 Å². The van der Waals surface area contributed by atoms with Crippen molar-refractivity contribution in [3.63, 3.8) is 0 Å². The van der Waals surface area contributed by atoms with Gasteiger partial charge in [0.25, 0.3) is 0 Å². The zero-order chi connectivity index (χ0) is 17.7. The van der Waals surface area contributed by atoms with Gasteiger partial charge in [-0.2, -0.15) is 0 Å². The number of benzene rings is 1. The van der Waals surface area contributed by atoms with Gasteiger partial charge in [0.2, 0.25) is 0 Å². The Morgan fingerprint density at radius 2 is 1.96 bits per heavy atom. The highest BCUT2D eigenvalue weighted by molar-refractivity contribution is 6.30. The fraction of sp³-hybridized carbons (Fsp3) is 0.529. The van der Waals surface area contributed by atoms with Crippen LogP contribution in [0.3, 0.4) is 0 Å². The first-order chi connectivity index (χ1) is 11.4. The van der Waals surface area contributed by atoms with Gasteiger partial charge >= 0.3 is 12.0 Å². The Labute approximate surface area is 147 Å². The number of rotatable bonds is 7. The van der Waals surface area contributed by atoms with Gasteiger partial charge in [-0.15, -0.1) is 0 Å². The lowest BCUT2D eigenvalue weighted by molar-refractivity contribution is -0.139. The van der Waals surface area contributed by atoms with E-state index in [9.17, 15) is 9.59 Å². The van der Waals surface area contributed by atoms with Crippen molar-refractivity contribution in [3.8, 4) is 0 Å². The maximum absolute atomic E-state index is 12.1. The summed E-state index contributed by atoms with van der Waals surface area (Å²) in [5.74, 6) is -0.817. The molecule has 0 unspecified atom stereocenters. The van der Waals surface area contributed by atoms with Gasteiger partial charge in [0.1, 0.15) is 0 Å². The molecule has 0 spiro atoms. The lowest BCUT2D eigenvalue weighted by Gasteiger charge is -2.42. The van der Waals surface area contributed by atoms with Crippen LogP contribution < -0.4 is 10.6 Å². The van der Waals surface area contributed by atoms with Crippen molar-refractivity contribution >= 4 is 23.6 Å². The second-order valence-corrected chi connectivity index (χ2v) is 6.61. The van der Waals surface area contributed by atoms with Crippen molar-refractivity contribution in [1.82, 2.24) is 15.5 Å². The fourth-order valence-electron chi connectivity index (χ4n) is 2.94. The molecule has 0 aromatic heterocycles. The quantitative estimate of drug-likeness (QED) is 0.703. The third-order valence-electron chi connectivity index (χ3n) is 4.43. The molecule has 1 fully saturated rings. The average molecular weight is 354 g/mol. The van der Waals surface area contributed by atoms with Crippen LogP contribution in [0.4, 0.5) is 4.79 Å². The van der Waals surface area contributed by atoms with Crippen molar-refractivity contribution in [2.75, 3.05) is 13.1 Å². The molecule has 1 saturated carbocycles. The van der Waals surface area contributed by atoms with Crippen LogP contribution in [-0.4, -0.2) is 47.2 Å². The third kappa shape index (κ3) is 5.11. The number of carbonyl (C=O) groups is 2. The topological polar surface area (TPSA) is 81.7 Å². The molecule has 0 bridgehead atoms. The first kappa shape index (κ1) is 18.5. The lowest BCUT2D eigenvalue weighted by atomic mass is 9.85. The van der Waals surface area contributed by atoms with Gasteiger partial charge in [0.05, 0.1) is 12.6 Å². The second kappa shape index (κ2) is 8.35. The Morgan fingerprint density at radius 1 is 1.33 bits per heavy atom. The Morgan fingerprint density at radius 3 is 2.50 bits per heavy atom. The molecule has 1 atom stereocenters. The minimum Gasteiger partial charge on any atom is -0.480 e. The van der Waals surface area contributed by atoms with E-state index in [1.54, 1.807) is 12.1 Å². The molecule has 2 rings (SSSR count). The van der Waals surface area contributed by atoms with Crippen LogP contribution >= 0.6 is 11.6 Å². The molecule has 3 N–H and O–H groups in total. The molecule has 6 nitrogen and oxygen atoms in total. The van der Waals surface area contributed by atoms with Crippen molar-refractivity contribution < 1.29 is 14.7 Å². The number of hydrogen-bond donors (Lipinski definition) is 3. The molecule has 1 aromatic rings. The maximum atomic E-state index is 12.1. The predicted molar refractivity (Wildman–Crippen MR) is 93.2 cm³/mol. The molecule has 7 heteroatoms. The van der Waals surface area contributed by atoms with Gasteiger partial charge in [0.15, 0.2) is 0 Å². The first-order valence-electron chi connectivity index (χ1n) is 8.17. The standard InChI is InChI=1S/C17H24ClN3O3/c1-3-21(10-16(22)23)15-8-14(9-15)20-17(24)19-11(2)12-4-6-13(18)7-5-12/h4-7,11,14-15H,3,8-10H2,1-2H3,(H,22,23)(H2,19,20,24)/t11-,14?,15?/m1/s1. The van der Waals surface area contributed by atoms with E-state index in [4.69, 9.17) is 16.7 Å². The third-order valence-corrected chi connectivity index (χ3v) is 4.68. The molecule has 132 valence electrons. The number of nitrogens with one attached hydrogen (secondary N) is 2. The summed E-state index contributed by atoms with van der Waals surface area (Å²) in [7, 11) is 0. The molecule has 1 aliphatic carbocycles. The van der Waals surface area contributed by atoms with E-state index in [0.29, 0.717) is 11.6 Å². The van der Waals surface area contributed by atoms with Gasteiger partial charge in [0, 0.05) is 17.1 Å². The van der Waals surface area contributed by atoms with E-state index in [0.717, 1.165) is 18.4 Å². The van der Waals surface area contributed by atoms with Gasteiger partial charge < -0.3 is 15.7 Å². The van der Waals surface area contributed by atoms with Gasteiger partial charge in [-0.1, -0.05) is 30.7 Å². The van der Waals surface area contributed by atoms with Crippen LogP contribution in [0, 0.1) is 0 Å². The molecule has 1 aliphatic rings. The van der Waals surface area contributed by atoms with Crippen LogP contribution in [0.2, 0.25) is 5.02 Å². The number of likely N-dealkylation sites (N-methyl/N-ethyl adjacent to an activating group) is 1. The highest BCUT2D eigenvalue weighted by Gasteiger charge is 2.34. The van der Waals surface area contributed by atoms with Crippen molar-refractivity contribution in [1.29, 1.82) is 0 Å². The summed E-state index contributed by atoms with van der Waals surface area (Å²) in [4.78, 5) is 24.8. The summed E-state index contributed by atoms with van der Waals surface area (Å²) in [6.45, 7) is 4.61. The highest BCUT2D eigenvalue weighted by Crippen LogP contribution is 2.25. The zero-order valence-electron chi connectivity index (χ0n) is 14.0. The van der Waals surface area contributed by atoms with E-state index in [1.165, 1.54) is 0 Å². The highest BCUT2D eigenvalue weighted by atomic mass is 35.5. The molecular formula is C17H24ClN3O3. The second-order valence-electron chi connectivity index (χ2n) is 6.17. The number of carboxylic acids is 1. The minimum atomic E-state index is -0.817. The van der Waals surface area contributed by atoms with Gasteiger partial charge in [-0.05, 0) is 44.0 Å². The lowest BCUT2D eigenvalue weighted by Crippen LogP contribution is -2.56. The van der Waals surface area contributed by atoms with Crippen LogP contribution in [0.15, 0.2) is 24.3 Å². The molecule has 24 heavy (non-hydrogen) atoms. The summed E-state index contributed by atoms with van der Waals surface area (Å²) < 4.78 is 0. The largest absolute Gasteiger partial charge is 0.480 e. The Hall–Kier alpha value is -1.79. The zero-order valence-corrected chi connectivity index (χ0v) is 14.7. The summed E-state index contributed by atoms with van der Waals surface area (Å²) in [6, 6.07) is 7.37. The maximum Gasteiger partial charge on any atom is 0.317 e. The van der Waals surface area contributed by atoms with Gasteiger partial charge in [-0.3, -0.25) is 9.69 Å². The number of hydrogen-bond acceptors (Lipinski definition) is 3. The molecule has 0 radical (unpaired) electrons. The Balaban J connectivity index is 1.74. The van der Waals surface area contributed by atoms with Crippen molar-refractivity contribution in [3.05, 3.63) is 34.9 Å². The van der Waals surface area contributed by atoms with E-state index in [-0.39, 0.29) is 30.7 Å². The van der Waals surface area contributed by atoms with Crippen LogP contribution in [0.5, 0.6) is 0 Å². The Kier molecular flexibility index (Phi) is 6.45. The molecule has 0 heterocycles. The normalized spacial score (nSPS) is 21.0.